The highest BCUT2D eigenvalue weighted by atomic mass is 15.3. The van der Waals surface area contributed by atoms with Gasteiger partial charge in [0.25, 0.3) is 0 Å². The molecule has 1 fully saturated rings. The van der Waals surface area contributed by atoms with Crippen LogP contribution in [0.4, 0.5) is 0 Å². The van der Waals surface area contributed by atoms with Gasteiger partial charge < -0.3 is 9.88 Å². The van der Waals surface area contributed by atoms with E-state index in [0.717, 1.165) is 12.4 Å². The minimum Gasteiger partial charge on any atom is -0.320 e. The Hall–Kier alpha value is -1.68. The Bertz CT molecular complexity index is 573. The van der Waals surface area contributed by atoms with Gasteiger partial charge in [0.1, 0.15) is 12.2 Å². The van der Waals surface area contributed by atoms with Gasteiger partial charge in [-0.15, -0.1) is 10.2 Å². The molecule has 1 aliphatic carbocycles. The molecule has 0 saturated heterocycles. The zero-order chi connectivity index (χ0) is 14.2. The van der Waals surface area contributed by atoms with E-state index < -0.39 is 0 Å². The zero-order valence-corrected chi connectivity index (χ0v) is 12.4. The number of rotatable bonds is 4. The van der Waals surface area contributed by atoms with E-state index >= 15 is 0 Å². The lowest BCUT2D eigenvalue weighted by molar-refractivity contribution is 0.0671. The monoisotopic (exact) mass is 270 g/mol. The van der Waals surface area contributed by atoms with Gasteiger partial charge in [0.05, 0.1) is 6.54 Å². The van der Waals surface area contributed by atoms with Crippen LogP contribution in [-0.2, 0) is 13.6 Å². The second-order valence-electron chi connectivity index (χ2n) is 6.31. The number of hydrogen-bond donors (Lipinski definition) is 1. The van der Waals surface area contributed by atoms with Crippen LogP contribution in [0.5, 0.6) is 0 Å². The van der Waals surface area contributed by atoms with Crippen molar-refractivity contribution in [2.45, 2.75) is 38.8 Å². The summed E-state index contributed by atoms with van der Waals surface area (Å²) < 4.78 is 1.97. The van der Waals surface area contributed by atoms with Gasteiger partial charge in [-0.05, 0) is 23.3 Å². The summed E-state index contributed by atoms with van der Waals surface area (Å²) in [6, 6.07) is 11.4. The number of nitrogens with zero attached hydrogens (tertiary/aromatic N) is 3. The number of aryl methyl sites for hydroxylation is 1. The van der Waals surface area contributed by atoms with Gasteiger partial charge in [-0.3, -0.25) is 0 Å². The zero-order valence-electron chi connectivity index (χ0n) is 12.4. The predicted octanol–water partition coefficient (Wildman–Crippen LogP) is 2.49. The first-order valence-corrected chi connectivity index (χ1v) is 7.20. The molecule has 0 radical (unpaired) electrons. The molecule has 2 atom stereocenters. The SMILES string of the molecule is Cn1cnnc1CN[C@H]1C[C@H](c2ccccc2)C1(C)C. The second kappa shape index (κ2) is 5.02. The lowest BCUT2D eigenvalue weighted by Gasteiger charge is -2.53. The molecule has 0 unspecified atom stereocenters. The smallest absolute Gasteiger partial charge is 0.146 e. The van der Waals surface area contributed by atoms with Gasteiger partial charge in [0.2, 0.25) is 0 Å². The molecule has 106 valence electrons. The van der Waals surface area contributed by atoms with E-state index in [2.05, 4.69) is 59.7 Å². The van der Waals surface area contributed by atoms with Crippen LogP contribution in [-0.4, -0.2) is 20.8 Å². The molecule has 0 spiro atoms. The third-order valence-electron chi connectivity index (χ3n) is 4.78. The van der Waals surface area contributed by atoms with Crippen molar-refractivity contribution in [2.75, 3.05) is 0 Å². The molecule has 0 amide bonds. The Morgan fingerprint density at radius 2 is 2.05 bits per heavy atom. The molecular formula is C16H22N4. The molecule has 4 heteroatoms. The van der Waals surface area contributed by atoms with E-state index in [4.69, 9.17) is 0 Å². The molecule has 20 heavy (non-hydrogen) atoms. The normalized spacial score (nSPS) is 24.4. The molecule has 1 saturated carbocycles. The standard InChI is InChI=1S/C16H22N4/c1-16(2)13(12-7-5-4-6-8-12)9-14(16)17-10-15-19-18-11-20(15)3/h4-8,11,13-14,17H,9-10H2,1-3H3/t13-,14+/m1/s1. The van der Waals surface area contributed by atoms with Gasteiger partial charge in [-0.1, -0.05) is 44.2 Å². The van der Waals surface area contributed by atoms with Crippen molar-refractivity contribution in [1.82, 2.24) is 20.1 Å². The Kier molecular flexibility index (Phi) is 3.34. The highest BCUT2D eigenvalue weighted by Gasteiger charge is 2.48. The largest absolute Gasteiger partial charge is 0.320 e. The summed E-state index contributed by atoms with van der Waals surface area (Å²) in [5.41, 5.74) is 1.73. The van der Waals surface area contributed by atoms with Crippen molar-refractivity contribution in [3.63, 3.8) is 0 Å². The summed E-state index contributed by atoms with van der Waals surface area (Å²) in [6.07, 6.45) is 2.94. The number of nitrogens with one attached hydrogen (secondary N) is 1. The van der Waals surface area contributed by atoms with E-state index in [0.29, 0.717) is 12.0 Å². The van der Waals surface area contributed by atoms with E-state index in [9.17, 15) is 0 Å². The van der Waals surface area contributed by atoms with Gasteiger partial charge >= 0.3 is 0 Å². The maximum absolute atomic E-state index is 4.12. The summed E-state index contributed by atoms with van der Waals surface area (Å²) in [5, 5.41) is 11.7. The van der Waals surface area contributed by atoms with E-state index in [1.807, 2.05) is 11.6 Å². The van der Waals surface area contributed by atoms with Crippen LogP contribution in [0.15, 0.2) is 36.7 Å². The molecule has 1 aromatic carbocycles. The van der Waals surface area contributed by atoms with Crippen LogP contribution >= 0.6 is 0 Å². The van der Waals surface area contributed by atoms with Crippen LogP contribution in [0.3, 0.4) is 0 Å². The summed E-state index contributed by atoms with van der Waals surface area (Å²) in [4.78, 5) is 0. The first-order valence-electron chi connectivity index (χ1n) is 7.20. The van der Waals surface area contributed by atoms with Crippen molar-refractivity contribution >= 4 is 0 Å². The Morgan fingerprint density at radius 3 is 2.65 bits per heavy atom. The van der Waals surface area contributed by atoms with E-state index in [1.165, 1.54) is 12.0 Å². The van der Waals surface area contributed by atoms with Crippen molar-refractivity contribution in [2.24, 2.45) is 12.5 Å². The molecule has 0 aliphatic heterocycles. The quantitative estimate of drug-likeness (QED) is 0.928. The van der Waals surface area contributed by atoms with Crippen molar-refractivity contribution in [3.8, 4) is 0 Å². The fourth-order valence-corrected chi connectivity index (χ4v) is 3.20. The second-order valence-corrected chi connectivity index (χ2v) is 6.31. The Labute approximate surface area is 120 Å². The summed E-state index contributed by atoms with van der Waals surface area (Å²) in [5.74, 6) is 1.63. The molecule has 1 N–H and O–H groups in total. The Balaban J connectivity index is 1.63. The minimum atomic E-state index is 0.278. The minimum absolute atomic E-state index is 0.278. The molecule has 2 aromatic rings. The highest BCUT2D eigenvalue weighted by molar-refractivity contribution is 5.27. The molecule has 1 aliphatic rings. The van der Waals surface area contributed by atoms with Gasteiger partial charge in [0.15, 0.2) is 0 Å². The van der Waals surface area contributed by atoms with Crippen molar-refractivity contribution in [3.05, 3.63) is 48.0 Å². The third kappa shape index (κ3) is 2.24. The fraction of sp³-hybridized carbons (Fsp3) is 0.500. The van der Waals surface area contributed by atoms with E-state index in [-0.39, 0.29) is 5.41 Å². The highest BCUT2D eigenvalue weighted by Crippen LogP contribution is 2.52. The van der Waals surface area contributed by atoms with Crippen LogP contribution in [0.2, 0.25) is 0 Å². The van der Waals surface area contributed by atoms with Crippen molar-refractivity contribution < 1.29 is 0 Å². The summed E-state index contributed by atoms with van der Waals surface area (Å²) in [6.45, 7) is 5.48. The van der Waals surface area contributed by atoms with Crippen LogP contribution in [0.1, 0.15) is 37.6 Å². The summed E-state index contributed by atoms with van der Waals surface area (Å²) in [7, 11) is 1.98. The number of hydrogen-bond acceptors (Lipinski definition) is 3. The van der Waals surface area contributed by atoms with Gasteiger partial charge in [-0.2, -0.15) is 0 Å². The van der Waals surface area contributed by atoms with Gasteiger partial charge in [-0.25, -0.2) is 0 Å². The topological polar surface area (TPSA) is 42.7 Å². The number of aromatic nitrogens is 3. The molecule has 1 aromatic heterocycles. The number of benzene rings is 1. The lowest BCUT2D eigenvalue weighted by Crippen LogP contribution is -2.55. The summed E-state index contributed by atoms with van der Waals surface area (Å²) >= 11 is 0. The molecular weight excluding hydrogens is 248 g/mol. The molecule has 4 nitrogen and oxygen atoms in total. The molecule has 1 heterocycles. The molecule has 3 rings (SSSR count). The van der Waals surface area contributed by atoms with Crippen LogP contribution in [0.25, 0.3) is 0 Å². The lowest BCUT2D eigenvalue weighted by atomic mass is 9.56. The third-order valence-corrected chi connectivity index (χ3v) is 4.78. The van der Waals surface area contributed by atoms with Crippen molar-refractivity contribution in [1.29, 1.82) is 0 Å². The molecule has 0 bridgehead atoms. The average Bonchev–Trinajstić information content (AvgIpc) is 2.84. The average molecular weight is 270 g/mol. The van der Waals surface area contributed by atoms with Gasteiger partial charge in [0, 0.05) is 13.1 Å². The predicted molar refractivity (Wildman–Crippen MR) is 79.2 cm³/mol. The van der Waals surface area contributed by atoms with E-state index in [1.54, 1.807) is 6.33 Å². The Morgan fingerprint density at radius 1 is 1.30 bits per heavy atom. The van der Waals surface area contributed by atoms with Crippen LogP contribution in [0, 0.1) is 5.41 Å². The first kappa shape index (κ1) is 13.3. The maximum atomic E-state index is 4.12. The fourth-order valence-electron chi connectivity index (χ4n) is 3.20. The van der Waals surface area contributed by atoms with Crippen LogP contribution < -0.4 is 5.32 Å². The maximum Gasteiger partial charge on any atom is 0.146 e. The first-order chi connectivity index (χ1) is 9.59.